The predicted octanol–water partition coefficient (Wildman–Crippen LogP) is 4.32. The van der Waals surface area contributed by atoms with E-state index in [0.29, 0.717) is 20.9 Å². The molecule has 0 amide bonds. The van der Waals surface area contributed by atoms with Gasteiger partial charge < -0.3 is 15.2 Å². The minimum absolute atomic E-state index is 0.0918. The second-order valence-electron chi connectivity index (χ2n) is 6.38. The van der Waals surface area contributed by atoms with Crippen LogP contribution in [0.2, 0.25) is 15.1 Å². The molecule has 1 aromatic heterocycles. The van der Waals surface area contributed by atoms with E-state index in [1.165, 1.54) is 0 Å². The van der Waals surface area contributed by atoms with E-state index in [2.05, 4.69) is 15.3 Å². The molecule has 0 saturated carbocycles. The van der Waals surface area contributed by atoms with Crippen molar-refractivity contribution in [3.63, 3.8) is 0 Å². The van der Waals surface area contributed by atoms with E-state index >= 15 is 0 Å². The van der Waals surface area contributed by atoms with Crippen LogP contribution in [0.1, 0.15) is 43.1 Å². The van der Waals surface area contributed by atoms with Gasteiger partial charge in [-0.15, -0.1) is 0 Å². The molecule has 3 rings (SSSR count). The van der Waals surface area contributed by atoms with E-state index < -0.39 is 0 Å². The van der Waals surface area contributed by atoms with Gasteiger partial charge in [0.1, 0.15) is 16.7 Å². The molecule has 0 spiro atoms. The second kappa shape index (κ2) is 8.76. The summed E-state index contributed by atoms with van der Waals surface area (Å²) >= 11 is 18.5. The molecular weight excluding hydrogens is 393 g/mol. The first kappa shape index (κ1) is 19.7. The van der Waals surface area contributed by atoms with Crippen molar-refractivity contribution in [3.8, 4) is 0 Å². The molecule has 5 nitrogen and oxygen atoms in total. The predicted molar refractivity (Wildman–Crippen MR) is 107 cm³/mol. The van der Waals surface area contributed by atoms with Crippen LogP contribution in [0.25, 0.3) is 0 Å². The molecule has 9 heteroatoms. The van der Waals surface area contributed by atoms with Crippen molar-refractivity contribution in [1.82, 2.24) is 14.8 Å². The topological polar surface area (TPSA) is 61.3 Å². The van der Waals surface area contributed by atoms with E-state index in [1.807, 2.05) is 17.8 Å². The smallest absolute Gasteiger partial charge is 0.395 e. The Morgan fingerprint density at radius 2 is 1.96 bits per heavy atom. The highest BCUT2D eigenvalue weighted by Crippen LogP contribution is 2.32. The zero-order valence-electron chi connectivity index (χ0n) is 14.3. The lowest BCUT2D eigenvalue weighted by Crippen LogP contribution is -2.36. The van der Waals surface area contributed by atoms with Gasteiger partial charge in [0.15, 0.2) is 0 Å². The maximum absolute atomic E-state index is 9.10. The number of anilines is 1. The van der Waals surface area contributed by atoms with Crippen LogP contribution < -0.4 is 5.32 Å². The Morgan fingerprint density at radius 1 is 1.23 bits per heavy atom. The monoisotopic (exact) mass is 411 g/mol. The Balaban J connectivity index is 1.75. The molecule has 1 aliphatic rings. The molecule has 0 aliphatic carbocycles. The Bertz CT molecular complexity index is 772. The van der Waals surface area contributed by atoms with Gasteiger partial charge in [0.05, 0.1) is 12.2 Å². The minimum Gasteiger partial charge on any atom is -0.440 e. The standard InChI is InChI=1S/C17H19BCl3N4O/c1-10(13-3-2-12(19)8-14(13)20)23-17-15(21)9-22-16(24-17)11-4-6-25(18-26)7-5-11/h2-3,8-11,26H,4-7H2,1H3,(H,22,23,24). The fraction of sp³-hybridized carbons (Fsp3) is 0.412. The zero-order chi connectivity index (χ0) is 18.7. The number of hydrogen-bond donors (Lipinski definition) is 2. The van der Waals surface area contributed by atoms with Crippen molar-refractivity contribution in [3.05, 3.63) is 50.9 Å². The van der Waals surface area contributed by atoms with Gasteiger partial charge in [-0.3, -0.25) is 0 Å². The molecule has 26 heavy (non-hydrogen) atoms. The molecule has 1 atom stereocenters. The number of hydrogen-bond acceptors (Lipinski definition) is 5. The highest BCUT2D eigenvalue weighted by Gasteiger charge is 2.24. The molecule has 1 unspecified atom stereocenters. The SMILES string of the molecule is CC(Nc1nc(C2CCN([B]O)CC2)ncc1Cl)c1ccc(Cl)cc1Cl. The summed E-state index contributed by atoms with van der Waals surface area (Å²) in [6.07, 6.45) is 3.40. The molecule has 1 saturated heterocycles. The van der Waals surface area contributed by atoms with Crippen LogP contribution in [0.3, 0.4) is 0 Å². The van der Waals surface area contributed by atoms with Gasteiger partial charge in [0, 0.05) is 16.0 Å². The summed E-state index contributed by atoms with van der Waals surface area (Å²) in [5.74, 6) is 1.61. The van der Waals surface area contributed by atoms with Gasteiger partial charge in [0.25, 0.3) is 0 Å². The van der Waals surface area contributed by atoms with E-state index in [4.69, 9.17) is 39.8 Å². The van der Waals surface area contributed by atoms with Crippen LogP contribution in [0.5, 0.6) is 0 Å². The lowest BCUT2D eigenvalue weighted by Gasteiger charge is -2.29. The summed E-state index contributed by atoms with van der Waals surface area (Å²) < 4.78 is 0. The van der Waals surface area contributed by atoms with Gasteiger partial charge in [-0.25, -0.2) is 9.97 Å². The lowest BCUT2D eigenvalue weighted by atomic mass is 9.93. The first-order valence-electron chi connectivity index (χ1n) is 8.43. The summed E-state index contributed by atoms with van der Waals surface area (Å²) in [7, 11) is 1.14. The summed E-state index contributed by atoms with van der Waals surface area (Å²) in [6, 6.07) is 5.32. The number of piperidine rings is 1. The van der Waals surface area contributed by atoms with Crippen molar-refractivity contribution in [1.29, 1.82) is 0 Å². The maximum Gasteiger partial charge on any atom is 0.395 e. The largest absolute Gasteiger partial charge is 0.440 e. The van der Waals surface area contributed by atoms with Crippen molar-refractivity contribution in [2.24, 2.45) is 0 Å². The molecule has 1 fully saturated rings. The van der Waals surface area contributed by atoms with Crippen molar-refractivity contribution in [2.45, 2.75) is 31.7 Å². The lowest BCUT2D eigenvalue weighted by molar-refractivity contribution is 0.296. The van der Waals surface area contributed by atoms with Crippen molar-refractivity contribution < 1.29 is 5.02 Å². The van der Waals surface area contributed by atoms with Gasteiger partial charge in [-0.05, 0) is 50.6 Å². The van der Waals surface area contributed by atoms with Crippen molar-refractivity contribution >= 4 is 48.2 Å². The van der Waals surface area contributed by atoms with Crippen LogP contribution in [0.4, 0.5) is 5.82 Å². The Morgan fingerprint density at radius 3 is 2.62 bits per heavy atom. The highest BCUT2D eigenvalue weighted by molar-refractivity contribution is 6.35. The van der Waals surface area contributed by atoms with E-state index in [0.717, 1.165) is 44.9 Å². The molecule has 1 radical (unpaired) electrons. The van der Waals surface area contributed by atoms with Crippen LogP contribution >= 0.6 is 34.8 Å². The number of aromatic nitrogens is 2. The molecule has 2 heterocycles. The van der Waals surface area contributed by atoms with Crippen LogP contribution in [-0.4, -0.2) is 40.5 Å². The maximum atomic E-state index is 9.10. The first-order valence-corrected chi connectivity index (χ1v) is 9.57. The zero-order valence-corrected chi connectivity index (χ0v) is 16.6. The van der Waals surface area contributed by atoms with E-state index in [9.17, 15) is 0 Å². The third kappa shape index (κ3) is 4.62. The molecular formula is C17H19BCl3N4O. The van der Waals surface area contributed by atoms with Gasteiger partial charge in [-0.1, -0.05) is 40.9 Å². The molecule has 2 aromatic rings. The van der Waals surface area contributed by atoms with Crippen LogP contribution in [0.15, 0.2) is 24.4 Å². The number of nitrogens with one attached hydrogen (secondary N) is 1. The van der Waals surface area contributed by atoms with Gasteiger partial charge >= 0.3 is 7.62 Å². The molecule has 2 N–H and O–H groups in total. The third-order valence-electron chi connectivity index (χ3n) is 4.60. The first-order chi connectivity index (χ1) is 12.5. The minimum atomic E-state index is -0.0918. The molecule has 0 bridgehead atoms. The summed E-state index contributed by atoms with van der Waals surface area (Å²) in [5.41, 5.74) is 0.916. The fourth-order valence-corrected chi connectivity index (χ4v) is 3.81. The summed E-state index contributed by atoms with van der Waals surface area (Å²) in [6.45, 7) is 3.56. The quantitative estimate of drug-likeness (QED) is 0.717. The highest BCUT2D eigenvalue weighted by atomic mass is 35.5. The van der Waals surface area contributed by atoms with Crippen molar-refractivity contribution in [2.75, 3.05) is 18.4 Å². The summed E-state index contributed by atoms with van der Waals surface area (Å²) in [5, 5.41) is 14.1. The third-order valence-corrected chi connectivity index (χ3v) is 5.44. The Labute approximate surface area is 169 Å². The number of nitrogens with zero attached hydrogens (tertiary/aromatic N) is 3. The summed E-state index contributed by atoms with van der Waals surface area (Å²) in [4.78, 5) is 10.9. The average Bonchev–Trinajstić information content (AvgIpc) is 2.63. The van der Waals surface area contributed by atoms with Gasteiger partial charge in [0.2, 0.25) is 0 Å². The van der Waals surface area contributed by atoms with Crippen LogP contribution in [-0.2, 0) is 0 Å². The molecule has 1 aliphatic heterocycles. The second-order valence-corrected chi connectivity index (χ2v) is 7.63. The van der Waals surface area contributed by atoms with E-state index in [1.54, 1.807) is 18.3 Å². The molecule has 1 aromatic carbocycles. The number of halogens is 3. The average molecular weight is 413 g/mol. The van der Waals surface area contributed by atoms with E-state index in [-0.39, 0.29) is 12.0 Å². The fourth-order valence-electron chi connectivity index (χ4n) is 3.09. The molecule has 137 valence electrons. The Hall–Kier alpha value is -1.05. The van der Waals surface area contributed by atoms with Crippen LogP contribution in [0, 0.1) is 0 Å². The number of benzene rings is 1. The Kier molecular flexibility index (Phi) is 6.64. The number of rotatable bonds is 5. The normalized spacial score (nSPS) is 17.1. The van der Waals surface area contributed by atoms with Gasteiger partial charge in [-0.2, -0.15) is 0 Å².